The van der Waals surface area contributed by atoms with E-state index in [-0.39, 0.29) is 17.5 Å². The summed E-state index contributed by atoms with van der Waals surface area (Å²) in [4.78, 5) is 4.00. The van der Waals surface area contributed by atoms with E-state index in [9.17, 15) is 8.42 Å². The Labute approximate surface area is 122 Å². The van der Waals surface area contributed by atoms with Crippen molar-refractivity contribution in [3.8, 4) is 17.0 Å². The minimum atomic E-state index is -2.98. The molecule has 0 bridgehead atoms. The predicted octanol–water partition coefficient (Wildman–Crippen LogP) is 0.895. The van der Waals surface area contributed by atoms with Gasteiger partial charge in [0.1, 0.15) is 11.6 Å². The number of sulfone groups is 1. The second-order valence-electron chi connectivity index (χ2n) is 5.03. The van der Waals surface area contributed by atoms with Gasteiger partial charge in [0, 0.05) is 17.8 Å². The molecule has 1 fully saturated rings. The molecule has 2 aromatic heterocycles. The lowest BCUT2D eigenvalue weighted by molar-refractivity contribution is 0.414. The number of nitrogens with two attached hydrogens (primary N) is 1. The second-order valence-corrected chi connectivity index (χ2v) is 7.26. The Morgan fingerprint density at radius 2 is 2.29 bits per heavy atom. The molecule has 21 heavy (non-hydrogen) atoms. The Morgan fingerprint density at radius 1 is 1.48 bits per heavy atom. The Kier molecular flexibility index (Phi) is 3.32. The predicted molar refractivity (Wildman–Crippen MR) is 78.7 cm³/mol. The fourth-order valence-corrected chi connectivity index (χ4v) is 4.25. The third-order valence-corrected chi connectivity index (χ3v) is 5.35. The Balaban J connectivity index is 1.99. The first kappa shape index (κ1) is 13.9. The normalized spacial score (nSPS) is 20.5. The molecular weight excluding hydrogens is 292 g/mol. The number of nitrogen functional groups attached to an aromatic ring is 1. The summed E-state index contributed by atoms with van der Waals surface area (Å²) in [5, 5.41) is 4.46. The van der Waals surface area contributed by atoms with E-state index in [1.54, 1.807) is 36.3 Å². The summed E-state index contributed by atoms with van der Waals surface area (Å²) in [6, 6.07) is 3.32. The minimum Gasteiger partial charge on any atom is -0.494 e. The van der Waals surface area contributed by atoms with E-state index >= 15 is 0 Å². The van der Waals surface area contributed by atoms with Crippen molar-refractivity contribution < 1.29 is 13.2 Å². The van der Waals surface area contributed by atoms with Crippen LogP contribution in [-0.4, -0.2) is 41.8 Å². The van der Waals surface area contributed by atoms with E-state index in [1.165, 1.54) is 0 Å². The van der Waals surface area contributed by atoms with Crippen LogP contribution in [-0.2, 0) is 9.84 Å². The van der Waals surface area contributed by atoms with Crippen molar-refractivity contribution in [1.29, 1.82) is 0 Å². The number of methoxy groups -OCH3 is 1. The number of hydrogen-bond donors (Lipinski definition) is 1. The van der Waals surface area contributed by atoms with Gasteiger partial charge in [-0.1, -0.05) is 0 Å². The molecule has 8 heteroatoms. The largest absolute Gasteiger partial charge is 0.494 e. The van der Waals surface area contributed by atoms with Crippen molar-refractivity contribution in [1.82, 2.24) is 14.8 Å². The Hall–Kier alpha value is -2.09. The quantitative estimate of drug-likeness (QED) is 0.904. The lowest BCUT2D eigenvalue weighted by atomic mass is 10.2. The Morgan fingerprint density at radius 3 is 2.95 bits per heavy atom. The molecule has 0 amide bonds. The number of nitrogens with zero attached hydrogens (tertiary/aromatic N) is 3. The maximum Gasteiger partial charge on any atom is 0.152 e. The van der Waals surface area contributed by atoms with Gasteiger partial charge < -0.3 is 10.5 Å². The van der Waals surface area contributed by atoms with Crippen molar-refractivity contribution in [2.45, 2.75) is 12.5 Å². The molecule has 112 valence electrons. The summed E-state index contributed by atoms with van der Waals surface area (Å²) in [6.07, 6.45) is 3.79. The van der Waals surface area contributed by atoms with Crippen LogP contribution in [0, 0.1) is 0 Å². The topological polar surface area (TPSA) is 100 Å². The lowest BCUT2D eigenvalue weighted by Crippen LogP contribution is -2.14. The van der Waals surface area contributed by atoms with E-state index < -0.39 is 9.84 Å². The van der Waals surface area contributed by atoms with Gasteiger partial charge in [0.05, 0.1) is 36.5 Å². The number of anilines is 1. The summed E-state index contributed by atoms with van der Waals surface area (Å²) in [6.45, 7) is 0. The number of rotatable bonds is 3. The van der Waals surface area contributed by atoms with Gasteiger partial charge >= 0.3 is 0 Å². The van der Waals surface area contributed by atoms with Crippen molar-refractivity contribution in [3.05, 3.63) is 24.5 Å². The zero-order valence-corrected chi connectivity index (χ0v) is 12.4. The zero-order chi connectivity index (χ0) is 15.0. The third-order valence-electron chi connectivity index (χ3n) is 3.60. The highest BCUT2D eigenvalue weighted by Crippen LogP contribution is 2.32. The molecule has 7 nitrogen and oxygen atoms in total. The zero-order valence-electron chi connectivity index (χ0n) is 11.6. The molecule has 0 spiro atoms. The molecule has 1 atom stereocenters. The van der Waals surface area contributed by atoms with Crippen LogP contribution in [0.3, 0.4) is 0 Å². The van der Waals surface area contributed by atoms with E-state index in [4.69, 9.17) is 10.5 Å². The molecule has 3 rings (SSSR count). The van der Waals surface area contributed by atoms with Gasteiger partial charge in [-0.05, 0) is 12.5 Å². The molecule has 0 saturated carbocycles. The molecule has 0 radical (unpaired) electrons. The van der Waals surface area contributed by atoms with Gasteiger partial charge in [0.2, 0.25) is 0 Å². The van der Waals surface area contributed by atoms with Crippen LogP contribution < -0.4 is 10.5 Å². The van der Waals surface area contributed by atoms with E-state index in [0.717, 1.165) is 5.56 Å². The first-order valence-corrected chi connectivity index (χ1v) is 8.36. The highest BCUT2D eigenvalue weighted by atomic mass is 32.2. The van der Waals surface area contributed by atoms with Crippen molar-refractivity contribution in [3.63, 3.8) is 0 Å². The fraction of sp³-hybridized carbons (Fsp3) is 0.385. The van der Waals surface area contributed by atoms with Crippen LogP contribution in [0.1, 0.15) is 12.5 Å². The second kappa shape index (κ2) is 5.03. The van der Waals surface area contributed by atoms with E-state index in [2.05, 4.69) is 10.1 Å². The summed E-state index contributed by atoms with van der Waals surface area (Å²) in [5.74, 6) is 1.32. The van der Waals surface area contributed by atoms with Gasteiger partial charge in [-0.3, -0.25) is 4.98 Å². The van der Waals surface area contributed by atoms with Crippen LogP contribution in [0.2, 0.25) is 0 Å². The van der Waals surface area contributed by atoms with Crippen LogP contribution in [0.25, 0.3) is 11.3 Å². The van der Waals surface area contributed by atoms with Crippen LogP contribution in [0.5, 0.6) is 5.75 Å². The van der Waals surface area contributed by atoms with Gasteiger partial charge in [-0.2, -0.15) is 5.10 Å². The molecule has 2 aromatic rings. The van der Waals surface area contributed by atoms with Crippen LogP contribution in [0.4, 0.5) is 5.82 Å². The number of hydrogen-bond acceptors (Lipinski definition) is 6. The summed E-state index contributed by atoms with van der Waals surface area (Å²) >= 11 is 0. The van der Waals surface area contributed by atoms with Gasteiger partial charge in [0.25, 0.3) is 0 Å². The minimum absolute atomic E-state index is 0.0891. The summed E-state index contributed by atoms with van der Waals surface area (Å²) < 4.78 is 30.0. The maximum absolute atomic E-state index is 11.6. The standard InChI is InChI=1S/C13H16N4O3S/c1-20-12-7-15-4-2-10(12)11-6-13(14)17(16-11)9-3-5-21(18,19)8-9/h2,4,6-7,9H,3,5,8,14H2,1H3. The molecule has 1 unspecified atom stereocenters. The molecular formula is C13H16N4O3S. The molecule has 1 aliphatic rings. The number of pyridine rings is 1. The molecule has 3 heterocycles. The van der Waals surface area contributed by atoms with E-state index in [1.807, 2.05) is 0 Å². The van der Waals surface area contributed by atoms with Crippen LogP contribution in [0.15, 0.2) is 24.5 Å². The molecule has 1 saturated heterocycles. The summed E-state index contributed by atoms with van der Waals surface area (Å²) in [5.41, 5.74) is 7.41. The Bertz CT molecular complexity index is 769. The highest BCUT2D eigenvalue weighted by molar-refractivity contribution is 7.91. The maximum atomic E-state index is 11.6. The average molecular weight is 308 g/mol. The fourth-order valence-electron chi connectivity index (χ4n) is 2.56. The number of aromatic nitrogens is 3. The monoisotopic (exact) mass is 308 g/mol. The van der Waals surface area contributed by atoms with Gasteiger partial charge in [0.15, 0.2) is 9.84 Å². The number of ether oxygens (including phenoxy) is 1. The van der Waals surface area contributed by atoms with Crippen molar-refractivity contribution in [2.75, 3.05) is 24.3 Å². The SMILES string of the molecule is COc1cnccc1-c1cc(N)n(C2CCS(=O)(=O)C2)n1. The lowest BCUT2D eigenvalue weighted by Gasteiger charge is -2.10. The molecule has 0 aliphatic carbocycles. The molecule has 2 N–H and O–H groups in total. The first-order valence-electron chi connectivity index (χ1n) is 6.54. The van der Waals surface area contributed by atoms with Gasteiger partial charge in [-0.15, -0.1) is 0 Å². The first-order chi connectivity index (χ1) is 10.00. The van der Waals surface area contributed by atoms with E-state index in [0.29, 0.717) is 23.7 Å². The average Bonchev–Trinajstić information content (AvgIpc) is 3.01. The van der Waals surface area contributed by atoms with Crippen molar-refractivity contribution >= 4 is 15.7 Å². The van der Waals surface area contributed by atoms with Crippen molar-refractivity contribution in [2.24, 2.45) is 0 Å². The molecule has 1 aliphatic heterocycles. The van der Waals surface area contributed by atoms with Crippen LogP contribution >= 0.6 is 0 Å². The third kappa shape index (κ3) is 2.58. The summed E-state index contributed by atoms with van der Waals surface area (Å²) in [7, 11) is -1.42. The highest BCUT2D eigenvalue weighted by Gasteiger charge is 2.31. The molecule has 0 aromatic carbocycles. The van der Waals surface area contributed by atoms with Gasteiger partial charge in [-0.25, -0.2) is 13.1 Å². The smallest absolute Gasteiger partial charge is 0.152 e.